The summed E-state index contributed by atoms with van der Waals surface area (Å²) in [4.78, 5) is 35.7. The summed E-state index contributed by atoms with van der Waals surface area (Å²) >= 11 is 0. The van der Waals surface area contributed by atoms with E-state index in [0.717, 1.165) is 0 Å². The van der Waals surface area contributed by atoms with E-state index in [0.29, 0.717) is 17.9 Å². The number of likely N-dealkylation sites (tertiary alicyclic amines) is 1. The van der Waals surface area contributed by atoms with E-state index in [9.17, 15) is 18.8 Å². The topological polar surface area (TPSA) is 112 Å². The first-order chi connectivity index (χ1) is 11.8. The minimum atomic E-state index is -1.96. The summed E-state index contributed by atoms with van der Waals surface area (Å²) in [6.45, 7) is 4.07. The number of ether oxygens (including phenoxy) is 4. The Balaban J connectivity index is 1.86. The summed E-state index contributed by atoms with van der Waals surface area (Å²) in [6, 6.07) is 0. The summed E-state index contributed by atoms with van der Waals surface area (Å²) in [5.41, 5.74) is 0. The Morgan fingerprint density at radius 2 is 2.12 bits per heavy atom. The first-order valence-electron chi connectivity index (χ1n) is 8.15. The van der Waals surface area contributed by atoms with Crippen LogP contribution in [0, 0.1) is 11.8 Å². The smallest absolute Gasteiger partial charge is 0.450 e. The molecule has 3 aliphatic heterocycles. The minimum absolute atomic E-state index is 0.126. The summed E-state index contributed by atoms with van der Waals surface area (Å²) in [6.07, 6.45) is -7.64. The zero-order valence-corrected chi connectivity index (χ0v) is 13.8. The summed E-state index contributed by atoms with van der Waals surface area (Å²) in [7, 11) is 0. The van der Waals surface area contributed by atoms with Crippen molar-refractivity contribution in [3.8, 4) is 0 Å². The summed E-state index contributed by atoms with van der Waals surface area (Å²) in [5.74, 6) is -2.49. The van der Waals surface area contributed by atoms with Gasteiger partial charge in [-0.25, -0.2) is 14.1 Å². The molecule has 3 rings (SSSR count). The van der Waals surface area contributed by atoms with E-state index in [-0.39, 0.29) is 5.92 Å². The van der Waals surface area contributed by atoms with Gasteiger partial charge < -0.3 is 24.1 Å². The predicted octanol–water partition coefficient (Wildman–Crippen LogP) is 0.864. The molecule has 0 aromatic carbocycles. The third-order valence-electron chi connectivity index (χ3n) is 4.73. The lowest BCUT2D eigenvalue weighted by Crippen LogP contribution is -2.49. The van der Waals surface area contributed by atoms with Crippen molar-refractivity contribution >= 4 is 18.0 Å². The van der Waals surface area contributed by atoms with Gasteiger partial charge in [0.15, 0.2) is 31.1 Å². The number of carbonyl (C=O) groups is 3. The van der Waals surface area contributed by atoms with Gasteiger partial charge in [-0.15, -0.1) is 0 Å². The quantitative estimate of drug-likeness (QED) is 0.580. The van der Waals surface area contributed by atoms with Crippen LogP contribution in [0.3, 0.4) is 0 Å². The highest BCUT2D eigenvalue weighted by molar-refractivity contribution is 6.05. The van der Waals surface area contributed by atoms with Gasteiger partial charge in [-0.1, -0.05) is 6.92 Å². The molecule has 0 radical (unpaired) electrons. The average Bonchev–Trinajstić information content (AvgIpc) is 2.97. The normalized spacial score (nSPS) is 41.1. The second kappa shape index (κ2) is 6.85. The molecule has 140 valence electrons. The molecule has 3 fully saturated rings. The highest BCUT2D eigenvalue weighted by Gasteiger charge is 2.59. The molecular formula is C15H20FNO8. The van der Waals surface area contributed by atoms with Gasteiger partial charge in [-0.05, 0) is 12.8 Å². The molecular weight excluding hydrogens is 341 g/mol. The second-order valence-electron chi connectivity index (χ2n) is 6.33. The Morgan fingerprint density at radius 1 is 1.40 bits per heavy atom. The van der Waals surface area contributed by atoms with Crippen LogP contribution in [0.2, 0.25) is 0 Å². The second-order valence-corrected chi connectivity index (χ2v) is 6.33. The van der Waals surface area contributed by atoms with Crippen molar-refractivity contribution in [2.75, 3.05) is 6.61 Å². The first kappa shape index (κ1) is 18.0. The molecule has 0 aliphatic carbocycles. The average molecular weight is 361 g/mol. The Morgan fingerprint density at radius 3 is 2.68 bits per heavy atom. The van der Waals surface area contributed by atoms with Crippen LogP contribution in [0.4, 0.5) is 9.18 Å². The first-order valence-corrected chi connectivity index (χ1v) is 8.15. The van der Waals surface area contributed by atoms with E-state index in [1.54, 1.807) is 6.92 Å². The molecule has 0 aromatic heterocycles. The van der Waals surface area contributed by atoms with Gasteiger partial charge >= 0.3 is 6.16 Å². The van der Waals surface area contributed by atoms with Crippen molar-refractivity contribution in [3.05, 3.63) is 0 Å². The van der Waals surface area contributed by atoms with Crippen molar-refractivity contribution < 1.29 is 42.8 Å². The highest BCUT2D eigenvalue weighted by atomic mass is 19.1. The molecule has 3 heterocycles. The van der Waals surface area contributed by atoms with Crippen LogP contribution in [0.15, 0.2) is 0 Å². The number of nitrogens with zero attached hydrogens (tertiary/aromatic N) is 1. The third-order valence-corrected chi connectivity index (χ3v) is 4.73. The van der Waals surface area contributed by atoms with Crippen molar-refractivity contribution in [2.45, 2.75) is 57.8 Å². The van der Waals surface area contributed by atoms with E-state index >= 15 is 0 Å². The molecule has 1 N–H and O–H groups in total. The van der Waals surface area contributed by atoms with E-state index in [2.05, 4.69) is 0 Å². The third kappa shape index (κ3) is 3.21. The van der Waals surface area contributed by atoms with Crippen LogP contribution in [0.5, 0.6) is 0 Å². The lowest BCUT2D eigenvalue weighted by atomic mass is 9.84. The van der Waals surface area contributed by atoms with Crippen molar-refractivity contribution in [3.63, 3.8) is 0 Å². The molecule has 9 nitrogen and oxygen atoms in total. The number of alkyl halides is 1. The maximum atomic E-state index is 13.6. The van der Waals surface area contributed by atoms with Crippen LogP contribution in [-0.2, 0) is 28.5 Å². The highest BCUT2D eigenvalue weighted by Crippen LogP contribution is 2.44. The Hall–Kier alpha value is -1.78. The van der Waals surface area contributed by atoms with Crippen molar-refractivity contribution in [1.82, 2.24) is 4.90 Å². The van der Waals surface area contributed by atoms with E-state index < -0.39 is 61.4 Å². The molecule has 2 amide bonds. The summed E-state index contributed by atoms with van der Waals surface area (Å²) in [5, 5.41) is 9.03. The van der Waals surface area contributed by atoms with E-state index in [1.165, 1.54) is 0 Å². The number of carboxylic acid groups (broad SMARTS) is 1. The largest absolute Gasteiger partial charge is 0.506 e. The number of carbonyl (C=O) groups excluding carboxylic acids is 2. The van der Waals surface area contributed by atoms with Crippen molar-refractivity contribution in [2.24, 2.45) is 11.8 Å². The number of hydrogen-bond donors (Lipinski definition) is 1. The number of hydrogen-bond acceptors (Lipinski definition) is 7. The fourth-order valence-electron chi connectivity index (χ4n) is 3.67. The van der Waals surface area contributed by atoms with Crippen LogP contribution < -0.4 is 0 Å². The molecule has 0 spiro atoms. The number of halogens is 1. The van der Waals surface area contributed by atoms with E-state index in [1.807, 2.05) is 6.92 Å². The molecule has 0 aromatic rings. The fraction of sp³-hybridized carbons (Fsp3) is 0.800. The van der Waals surface area contributed by atoms with E-state index in [4.69, 9.17) is 24.1 Å². The maximum absolute atomic E-state index is 13.6. The monoisotopic (exact) mass is 361 g/mol. The molecule has 0 saturated carbocycles. The van der Waals surface area contributed by atoms with Crippen LogP contribution >= 0.6 is 0 Å². The van der Waals surface area contributed by atoms with Gasteiger partial charge in [-0.2, -0.15) is 0 Å². The molecule has 3 saturated heterocycles. The summed E-state index contributed by atoms with van der Waals surface area (Å²) < 4.78 is 35.2. The van der Waals surface area contributed by atoms with Gasteiger partial charge in [0.05, 0.1) is 12.3 Å². The number of amides is 2. The van der Waals surface area contributed by atoms with Gasteiger partial charge in [-0.3, -0.25) is 9.59 Å². The Kier molecular flexibility index (Phi) is 4.94. The molecule has 7 atom stereocenters. The molecule has 7 unspecified atom stereocenters. The van der Waals surface area contributed by atoms with Gasteiger partial charge in [0.1, 0.15) is 0 Å². The van der Waals surface area contributed by atoms with Crippen molar-refractivity contribution in [1.29, 1.82) is 0 Å². The standard InChI is InChI=1S/C15H20FNO8/c1-3-22-9-4-6(2)10-11(24-15(20)21)13(25-14(10)23-9)17-8(18)5-7(16)12(17)19/h6-7,9-11,13-14H,3-5H2,1-2H3,(H,20,21). The zero-order chi connectivity index (χ0) is 18.3. The lowest BCUT2D eigenvalue weighted by molar-refractivity contribution is -0.284. The van der Waals surface area contributed by atoms with Crippen LogP contribution in [0.25, 0.3) is 0 Å². The van der Waals surface area contributed by atoms with Gasteiger partial charge in [0.25, 0.3) is 5.91 Å². The number of imide groups is 1. The molecule has 25 heavy (non-hydrogen) atoms. The van der Waals surface area contributed by atoms with Crippen LogP contribution in [-0.4, -0.2) is 65.7 Å². The maximum Gasteiger partial charge on any atom is 0.506 e. The lowest BCUT2D eigenvalue weighted by Gasteiger charge is -2.36. The molecule has 0 bridgehead atoms. The van der Waals surface area contributed by atoms with Gasteiger partial charge in [0.2, 0.25) is 5.91 Å². The van der Waals surface area contributed by atoms with Crippen LogP contribution in [0.1, 0.15) is 26.7 Å². The molecule has 10 heteroatoms. The SMILES string of the molecule is CCOC1CC(C)C2C(O1)OC(N1C(=O)CC(F)C1=O)C2OC(=O)O. The fourth-order valence-corrected chi connectivity index (χ4v) is 3.67. The molecule has 3 aliphatic rings. The minimum Gasteiger partial charge on any atom is -0.450 e. The Labute approximate surface area is 142 Å². The number of rotatable bonds is 4. The Bertz CT molecular complexity index is 572. The van der Waals surface area contributed by atoms with Gasteiger partial charge in [0, 0.05) is 13.0 Å². The number of fused-ring (bicyclic) bond motifs is 1. The zero-order valence-electron chi connectivity index (χ0n) is 13.8. The predicted molar refractivity (Wildman–Crippen MR) is 76.7 cm³/mol.